The molecular formula is C17H23NO3. The maximum atomic E-state index is 12.4. The average Bonchev–Trinajstić information content (AvgIpc) is 2.77. The summed E-state index contributed by atoms with van der Waals surface area (Å²) in [5, 5.41) is 9.78. The monoisotopic (exact) mass is 289 g/mol. The Labute approximate surface area is 125 Å². The van der Waals surface area contributed by atoms with E-state index >= 15 is 0 Å². The molecule has 2 aliphatic rings. The standard InChI is InChI=1S/C17H23NO3/c1-2-12-3-7-16(8-4-12)21-11-17(20)18-13-5-6-14(18)10-15(19)9-13/h3-4,7-8,13-15,19H,2,5-6,9-11H2,1H3. The first kappa shape index (κ1) is 14.4. The molecule has 114 valence electrons. The largest absolute Gasteiger partial charge is 0.484 e. The van der Waals surface area contributed by atoms with Crippen LogP contribution in [0.2, 0.25) is 0 Å². The molecule has 2 heterocycles. The van der Waals surface area contributed by atoms with Gasteiger partial charge in [-0.3, -0.25) is 4.79 Å². The van der Waals surface area contributed by atoms with Gasteiger partial charge in [0.2, 0.25) is 0 Å². The molecule has 2 bridgehead atoms. The zero-order valence-corrected chi connectivity index (χ0v) is 12.5. The third-order valence-corrected chi connectivity index (χ3v) is 4.69. The van der Waals surface area contributed by atoms with Gasteiger partial charge in [-0.1, -0.05) is 19.1 Å². The van der Waals surface area contributed by atoms with Gasteiger partial charge in [0, 0.05) is 12.1 Å². The second kappa shape index (κ2) is 6.06. The number of amides is 1. The van der Waals surface area contributed by atoms with Crippen molar-refractivity contribution < 1.29 is 14.6 Å². The average molecular weight is 289 g/mol. The number of carbonyl (C=O) groups excluding carboxylic acids is 1. The second-order valence-corrected chi connectivity index (χ2v) is 6.10. The van der Waals surface area contributed by atoms with E-state index in [0.717, 1.165) is 25.0 Å². The highest BCUT2D eigenvalue weighted by molar-refractivity contribution is 5.79. The lowest BCUT2D eigenvalue weighted by Crippen LogP contribution is -2.49. The Bertz CT molecular complexity index is 485. The molecule has 0 aliphatic carbocycles. The summed E-state index contributed by atoms with van der Waals surface area (Å²) >= 11 is 0. The summed E-state index contributed by atoms with van der Waals surface area (Å²) in [4.78, 5) is 14.3. The molecule has 1 N–H and O–H groups in total. The lowest BCUT2D eigenvalue weighted by atomic mass is 10.00. The molecule has 1 amide bonds. The molecule has 2 unspecified atom stereocenters. The number of benzene rings is 1. The van der Waals surface area contributed by atoms with Crippen molar-refractivity contribution in [3.63, 3.8) is 0 Å². The number of aryl methyl sites for hydroxylation is 1. The van der Waals surface area contributed by atoms with Gasteiger partial charge in [0.25, 0.3) is 5.91 Å². The number of fused-ring (bicyclic) bond motifs is 2. The molecule has 21 heavy (non-hydrogen) atoms. The van der Waals surface area contributed by atoms with Gasteiger partial charge in [-0.05, 0) is 49.8 Å². The zero-order valence-electron chi connectivity index (χ0n) is 12.5. The van der Waals surface area contributed by atoms with E-state index in [1.807, 2.05) is 29.2 Å². The van der Waals surface area contributed by atoms with Gasteiger partial charge in [-0.15, -0.1) is 0 Å². The van der Waals surface area contributed by atoms with E-state index in [0.29, 0.717) is 12.8 Å². The van der Waals surface area contributed by atoms with Crippen LogP contribution in [-0.4, -0.2) is 40.7 Å². The first-order valence-corrected chi connectivity index (χ1v) is 7.88. The third kappa shape index (κ3) is 3.05. The molecule has 2 fully saturated rings. The topological polar surface area (TPSA) is 49.8 Å². The first-order chi connectivity index (χ1) is 10.2. The second-order valence-electron chi connectivity index (χ2n) is 6.10. The minimum Gasteiger partial charge on any atom is -0.484 e. The molecule has 2 aliphatic heterocycles. The van der Waals surface area contributed by atoms with Crippen molar-refractivity contribution in [2.45, 2.75) is 57.2 Å². The Hall–Kier alpha value is -1.55. The quantitative estimate of drug-likeness (QED) is 0.924. The van der Waals surface area contributed by atoms with Gasteiger partial charge >= 0.3 is 0 Å². The number of carbonyl (C=O) groups is 1. The van der Waals surface area contributed by atoms with Crippen LogP contribution < -0.4 is 4.74 Å². The molecule has 1 aromatic rings. The minimum absolute atomic E-state index is 0.0500. The van der Waals surface area contributed by atoms with Crippen LogP contribution in [-0.2, 0) is 11.2 Å². The molecular weight excluding hydrogens is 266 g/mol. The minimum atomic E-state index is -0.242. The smallest absolute Gasteiger partial charge is 0.261 e. The van der Waals surface area contributed by atoms with Crippen molar-refractivity contribution in [3.8, 4) is 5.75 Å². The molecule has 2 saturated heterocycles. The highest BCUT2D eigenvalue weighted by atomic mass is 16.5. The summed E-state index contributed by atoms with van der Waals surface area (Å²) in [5.74, 6) is 0.791. The van der Waals surface area contributed by atoms with E-state index in [1.165, 1.54) is 5.56 Å². The first-order valence-electron chi connectivity index (χ1n) is 7.88. The Morgan fingerprint density at radius 3 is 2.43 bits per heavy atom. The SMILES string of the molecule is CCc1ccc(OCC(=O)N2C3CCC2CC(O)C3)cc1. The van der Waals surface area contributed by atoms with Crippen LogP contribution in [0.25, 0.3) is 0 Å². The predicted molar refractivity (Wildman–Crippen MR) is 80.2 cm³/mol. The fourth-order valence-electron chi connectivity index (χ4n) is 3.60. The predicted octanol–water partition coefficient (Wildman–Crippen LogP) is 2.14. The van der Waals surface area contributed by atoms with E-state index in [2.05, 4.69) is 6.92 Å². The molecule has 4 nitrogen and oxygen atoms in total. The van der Waals surface area contributed by atoms with Crippen LogP contribution in [0.5, 0.6) is 5.75 Å². The Kier molecular flexibility index (Phi) is 4.15. The van der Waals surface area contributed by atoms with E-state index in [-0.39, 0.29) is 30.7 Å². The van der Waals surface area contributed by atoms with Crippen molar-refractivity contribution in [1.82, 2.24) is 4.90 Å². The number of aliphatic hydroxyl groups excluding tert-OH is 1. The summed E-state index contributed by atoms with van der Waals surface area (Å²) in [6, 6.07) is 8.30. The fraction of sp³-hybridized carbons (Fsp3) is 0.588. The van der Waals surface area contributed by atoms with Gasteiger partial charge in [0.1, 0.15) is 5.75 Å². The number of hydrogen-bond donors (Lipinski definition) is 1. The van der Waals surface area contributed by atoms with Crippen LogP contribution in [0.4, 0.5) is 0 Å². The van der Waals surface area contributed by atoms with Crippen molar-refractivity contribution in [2.75, 3.05) is 6.61 Å². The third-order valence-electron chi connectivity index (χ3n) is 4.69. The highest BCUT2D eigenvalue weighted by Crippen LogP contribution is 2.35. The summed E-state index contributed by atoms with van der Waals surface area (Å²) < 4.78 is 5.62. The number of ether oxygens (including phenoxy) is 1. The Morgan fingerprint density at radius 2 is 1.86 bits per heavy atom. The highest BCUT2D eigenvalue weighted by Gasteiger charge is 2.42. The van der Waals surface area contributed by atoms with Gasteiger partial charge in [0.15, 0.2) is 6.61 Å². The van der Waals surface area contributed by atoms with Crippen molar-refractivity contribution >= 4 is 5.91 Å². The number of nitrogens with zero attached hydrogens (tertiary/aromatic N) is 1. The van der Waals surface area contributed by atoms with Crippen LogP contribution in [0, 0.1) is 0 Å². The van der Waals surface area contributed by atoms with Gasteiger partial charge in [-0.25, -0.2) is 0 Å². The Balaban J connectivity index is 1.57. The van der Waals surface area contributed by atoms with Crippen LogP contribution in [0.3, 0.4) is 0 Å². The van der Waals surface area contributed by atoms with Crippen LogP contribution >= 0.6 is 0 Å². The molecule has 0 radical (unpaired) electrons. The van der Waals surface area contributed by atoms with Crippen LogP contribution in [0.15, 0.2) is 24.3 Å². The van der Waals surface area contributed by atoms with Crippen LogP contribution in [0.1, 0.15) is 38.2 Å². The molecule has 2 atom stereocenters. The summed E-state index contributed by atoms with van der Waals surface area (Å²) in [7, 11) is 0. The van der Waals surface area contributed by atoms with Crippen molar-refractivity contribution in [3.05, 3.63) is 29.8 Å². The van der Waals surface area contributed by atoms with E-state index in [4.69, 9.17) is 4.74 Å². The van der Waals surface area contributed by atoms with E-state index in [9.17, 15) is 9.90 Å². The molecule has 0 spiro atoms. The summed E-state index contributed by atoms with van der Waals surface area (Å²) in [6.45, 7) is 2.20. The van der Waals surface area contributed by atoms with Gasteiger partial charge < -0.3 is 14.7 Å². The molecule has 4 heteroatoms. The maximum Gasteiger partial charge on any atom is 0.261 e. The zero-order chi connectivity index (χ0) is 14.8. The summed E-state index contributed by atoms with van der Waals surface area (Å²) in [5.41, 5.74) is 1.26. The number of aliphatic hydroxyl groups is 1. The normalized spacial score (nSPS) is 27.7. The van der Waals surface area contributed by atoms with Crippen molar-refractivity contribution in [1.29, 1.82) is 0 Å². The lowest BCUT2D eigenvalue weighted by molar-refractivity contribution is -0.139. The summed E-state index contributed by atoms with van der Waals surface area (Å²) in [6.07, 6.45) is 4.21. The maximum absolute atomic E-state index is 12.4. The molecule has 0 saturated carbocycles. The fourth-order valence-corrected chi connectivity index (χ4v) is 3.60. The van der Waals surface area contributed by atoms with Gasteiger partial charge in [0.05, 0.1) is 6.10 Å². The molecule has 1 aromatic carbocycles. The van der Waals surface area contributed by atoms with Gasteiger partial charge in [-0.2, -0.15) is 0 Å². The van der Waals surface area contributed by atoms with Crippen molar-refractivity contribution in [2.24, 2.45) is 0 Å². The number of hydrogen-bond acceptors (Lipinski definition) is 3. The number of piperidine rings is 1. The lowest BCUT2D eigenvalue weighted by Gasteiger charge is -2.37. The Morgan fingerprint density at radius 1 is 1.24 bits per heavy atom. The molecule has 0 aromatic heterocycles. The van der Waals surface area contributed by atoms with E-state index in [1.54, 1.807) is 0 Å². The number of rotatable bonds is 4. The molecule has 3 rings (SSSR count). The van der Waals surface area contributed by atoms with E-state index < -0.39 is 0 Å².